The van der Waals surface area contributed by atoms with Crippen molar-refractivity contribution in [2.45, 2.75) is 62.8 Å². The van der Waals surface area contributed by atoms with Crippen molar-refractivity contribution in [1.29, 1.82) is 0 Å². The number of carbonyl (C=O) groups excluding carboxylic acids is 4. The van der Waals surface area contributed by atoms with Gasteiger partial charge < -0.3 is 18.9 Å². The van der Waals surface area contributed by atoms with Gasteiger partial charge in [0.15, 0.2) is 12.2 Å². The first-order valence-electron chi connectivity index (χ1n) is 13.1. The highest BCUT2D eigenvalue weighted by Crippen LogP contribution is 2.82. The Morgan fingerprint density at radius 2 is 1.87 bits per heavy atom. The van der Waals surface area contributed by atoms with Gasteiger partial charge in [-0.05, 0) is 67.2 Å². The number of hydrogen-bond donors (Lipinski definition) is 0. The van der Waals surface area contributed by atoms with E-state index in [1.54, 1.807) is 19.1 Å². The van der Waals surface area contributed by atoms with Crippen LogP contribution in [0.3, 0.4) is 0 Å². The van der Waals surface area contributed by atoms with Crippen molar-refractivity contribution in [3.63, 3.8) is 0 Å². The summed E-state index contributed by atoms with van der Waals surface area (Å²) in [6.45, 7) is 7.39. The summed E-state index contributed by atoms with van der Waals surface area (Å²) in [5.74, 6) is -5.10. The summed E-state index contributed by atoms with van der Waals surface area (Å²) in [6, 6.07) is 6.01. The number of benzene rings is 1. The summed E-state index contributed by atoms with van der Waals surface area (Å²) < 4.78 is 37.3. The third kappa shape index (κ3) is 2.34. The highest BCUT2D eigenvalue weighted by molar-refractivity contribution is 5.91. The zero-order valence-electron chi connectivity index (χ0n) is 21.5. The average Bonchev–Trinajstić information content (AvgIpc) is 3.44. The molecule has 4 saturated carbocycles. The molecule has 4 aliphatic carbocycles. The van der Waals surface area contributed by atoms with Crippen molar-refractivity contribution in [2.24, 2.45) is 34.5 Å². The minimum Gasteiger partial charge on any atom is -0.469 e. The van der Waals surface area contributed by atoms with Crippen LogP contribution in [-0.2, 0) is 43.5 Å². The lowest BCUT2D eigenvalue weighted by Crippen LogP contribution is -2.61. The van der Waals surface area contributed by atoms with Gasteiger partial charge in [0.2, 0.25) is 0 Å². The Morgan fingerprint density at radius 3 is 2.53 bits per heavy atom. The molecule has 2 aliphatic heterocycles. The van der Waals surface area contributed by atoms with Gasteiger partial charge in [0.25, 0.3) is 0 Å². The maximum Gasteiger partial charge on any atom is 0.316 e. The second-order valence-electron chi connectivity index (χ2n) is 12.3. The van der Waals surface area contributed by atoms with Crippen molar-refractivity contribution in [2.75, 3.05) is 7.11 Å². The van der Waals surface area contributed by atoms with Crippen LogP contribution in [-0.4, -0.2) is 48.8 Å². The Labute approximate surface area is 218 Å². The van der Waals surface area contributed by atoms with Crippen molar-refractivity contribution in [3.05, 3.63) is 47.8 Å². The maximum absolute atomic E-state index is 14.2. The Bertz CT molecular complexity index is 1340. The Balaban J connectivity index is 1.56. The van der Waals surface area contributed by atoms with Gasteiger partial charge in [0, 0.05) is 18.3 Å². The number of esters is 4. The number of fused-ring (bicyclic) bond motifs is 5. The van der Waals surface area contributed by atoms with Gasteiger partial charge in [-0.1, -0.05) is 18.7 Å². The quantitative estimate of drug-likeness (QED) is 0.338. The van der Waals surface area contributed by atoms with E-state index in [-0.39, 0.29) is 5.92 Å². The molecule has 6 bridgehead atoms. The molecular formula is C29H29FO8. The smallest absolute Gasteiger partial charge is 0.316 e. The zero-order chi connectivity index (χ0) is 27.0. The molecule has 7 rings (SSSR count). The third-order valence-corrected chi connectivity index (χ3v) is 11.1. The number of halogens is 1. The molecule has 0 radical (unpaired) electrons. The fourth-order valence-corrected chi connectivity index (χ4v) is 10.2. The second-order valence-corrected chi connectivity index (χ2v) is 12.3. The number of hydrogen-bond acceptors (Lipinski definition) is 8. The summed E-state index contributed by atoms with van der Waals surface area (Å²) in [4.78, 5) is 53.5. The fraction of sp³-hybridized carbons (Fsp3) is 0.586. The lowest BCUT2D eigenvalue weighted by molar-refractivity contribution is -0.165. The Hall–Kier alpha value is -3.23. The number of methoxy groups -OCH3 is 1. The summed E-state index contributed by atoms with van der Waals surface area (Å²) in [5, 5.41) is 0. The third-order valence-electron chi connectivity index (χ3n) is 11.1. The largest absolute Gasteiger partial charge is 0.469 e. The van der Waals surface area contributed by atoms with Crippen molar-refractivity contribution >= 4 is 23.9 Å². The molecule has 0 N–H and O–H groups in total. The molecule has 6 fully saturated rings. The first-order valence-corrected chi connectivity index (χ1v) is 13.1. The number of ether oxygens (including phenoxy) is 4. The molecule has 0 amide bonds. The molecule has 1 aromatic rings. The highest BCUT2D eigenvalue weighted by Gasteiger charge is 2.89. The molecule has 9 heteroatoms. The fourth-order valence-electron chi connectivity index (χ4n) is 10.2. The van der Waals surface area contributed by atoms with Gasteiger partial charge in [-0.2, -0.15) is 0 Å². The van der Waals surface area contributed by atoms with Crippen LogP contribution in [0, 0.1) is 40.3 Å². The van der Waals surface area contributed by atoms with Crippen LogP contribution >= 0.6 is 0 Å². The van der Waals surface area contributed by atoms with Crippen LogP contribution in [0.1, 0.15) is 45.1 Å². The predicted octanol–water partition coefficient (Wildman–Crippen LogP) is 3.02. The van der Waals surface area contributed by atoms with E-state index in [1.165, 1.54) is 26.2 Å². The van der Waals surface area contributed by atoms with E-state index >= 15 is 0 Å². The molecular weight excluding hydrogens is 495 g/mol. The molecule has 38 heavy (non-hydrogen) atoms. The normalized spacial score (nSPS) is 47.2. The summed E-state index contributed by atoms with van der Waals surface area (Å²) >= 11 is 0. The van der Waals surface area contributed by atoms with Crippen LogP contribution in [0.25, 0.3) is 0 Å². The van der Waals surface area contributed by atoms with Crippen molar-refractivity contribution < 1.29 is 42.5 Å². The molecule has 8 nitrogen and oxygen atoms in total. The van der Waals surface area contributed by atoms with Crippen LogP contribution < -0.4 is 0 Å². The van der Waals surface area contributed by atoms with Gasteiger partial charge in [-0.15, -0.1) is 0 Å². The molecule has 1 aromatic carbocycles. The van der Waals surface area contributed by atoms with Gasteiger partial charge in [0.1, 0.15) is 22.8 Å². The molecule has 1 spiro atoms. The Kier molecular flexibility index (Phi) is 4.42. The van der Waals surface area contributed by atoms with Gasteiger partial charge in [-0.25, -0.2) is 4.39 Å². The average molecular weight is 525 g/mol. The van der Waals surface area contributed by atoms with Gasteiger partial charge in [0.05, 0.1) is 13.0 Å². The van der Waals surface area contributed by atoms with Crippen LogP contribution in [0.5, 0.6) is 0 Å². The standard InChI is InChI=1S/C29H29FO8/c1-13-11-27-12-28(13,38-14(2)31)10-9-17(27)29(15-5-7-16(30)8-6-15)18-20-22(37-24(18)33)26(3,25(34)36-20)21(29)19(27)23(32)35-4/h5-8,17-22H,1,9-12H2,2-4H3/t17-,18+,19-,20-,21-,22+,26+,27+,28+,29+/m1/s1. The SMILES string of the molecule is C=C1C[C@]23C[C@@]1(OC(C)=O)CC[C@H]2[C@@]1(c2ccc(F)cc2)[C@@H]2C(=O)O[C@H]4[C@@H]2OC(=O)[C@@]4(C)[C@H]1[C@@H]3C(=O)OC. The summed E-state index contributed by atoms with van der Waals surface area (Å²) in [7, 11) is 1.31. The Morgan fingerprint density at radius 1 is 1.16 bits per heavy atom. The number of rotatable bonds is 3. The van der Waals surface area contributed by atoms with Gasteiger partial charge >= 0.3 is 23.9 Å². The lowest BCUT2D eigenvalue weighted by atomic mass is 9.46. The minimum absolute atomic E-state index is 0.314. The van der Waals surface area contributed by atoms with Crippen LogP contribution in [0.2, 0.25) is 0 Å². The minimum atomic E-state index is -1.33. The topological polar surface area (TPSA) is 105 Å². The van der Waals surface area contributed by atoms with E-state index in [4.69, 9.17) is 18.9 Å². The zero-order valence-corrected chi connectivity index (χ0v) is 21.5. The van der Waals surface area contributed by atoms with E-state index in [2.05, 4.69) is 6.58 Å². The molecule has 10 atom stereocenters. The summed E-state index contributed by atoms with van der Waals surface area (Å²) in [5.41, 5.74) is -2.75. The maximum atomic E-state index is 14.2. The van der Waals surface area contributed by atoms with E-state index < -0.39 is 81.5 Å². The van der Waals surface area contributed by atoms with E-state index in [0.717, 1.165) is 5.57 Å². The van der Waals surface area contributed by atoms with Crippen molar-refractivity contribution in [3.8, 4) is 0 Å². The van der Waals surface area contributed by atoms with Crippen molar-refractivity contribution in [1.82, 2.24) is 0 Å². The first kappa shape index (κ1) is 23.9. The predicted molar refractivity (Wildman–Crippen MR) is 126 cm³/mol. The molecule has 200 valence electrons. The van der Waals surface area contributed by atoms with Crippen LogP contribution in [0.15, 0.2) is 36.4 Å². The van der Waals surface area contributed by atoms with E-state index in [1.807, 2.05) is 0 Å². The first-order chi connectivity index (χ1) is 18.0. The highest BCUT2D eigenvalue weighted by atomic mass is 19.1. The summed E-state index contributed by atoms with van der Waals surface area (Å²) in [6.07, 6.45) is 0.0378. The molecule has 0 unspecified atom stereocenters. The van der Waals surface area contributed by atoms with E-state index in [9.17, 15) is 23.6 Å². The molecule has 0 aromatic heterocycles. The molecule has 2 heterocycles. The second kappa shape index (κ2) is 7.04. The van der Waals surface area contributed by atoms with Crippen LogP contribution in [0.4, 0.5) is 4.39 Å². The van der Waals surface area contributed by atoms with E-state index in [0.29, 0.717) is 31.2 Å². The number of carbonyl (C=O) groups is 4. The van der Waals surface area contributed by atoms with Gasteiger partial charge in [-0.3, -0.25) is 19.2 Å². The molecule has 6 aliphatic rings. The monoisotopic (exact) mass is 524 g/mol. The molecule has 2 saturated heterocycles. The lowest BCUT2D eigenvalue weighted by Gasteiger charge is -2.52.